The molecule has 0 fully saturated rings. The number of hydrogen-bond donors (Lipinski definition) is 1. The Balaban J connectivity index is 2.64. The Hall–Kier alpha value is -0.790. The molecule has 0 heterocycles. The molecule has 0 saturated carbocycles. The zero-order chi connectivity index (χ0) is 7.78. The normalized spacial score (nSPS) is 22.4. The van der Waals surface area contributed by atoms with Crippen LogP contribution >= 0.6 is 0 Å². The van der Waals surface area contributed by atoms with Gasteiger partial charge in [0.2, 0.25) is 0 Å². The highest BCUT2D eigenvalue weighted by Gasteiger charge is 2.27. The highest BCUT2D eigenvalue weighted by Crippen LogP contribution is 2.35. The predicted molar refractivity (Wildman–Crippen MR) is 38.7 cm³/mol. The van der Waals surface area contributed by atoms with E-state index < -0.39 is 5.97 Å². The Kier molecular flexibility index (Phi) is 1.55. The van der Waals surface area contributed by atoms with E-state index in [0.29, 0.717) is 12.0 Å². The molecule has 56 valence electrons. The van der Waals surface area contributed by atoms with E-state index in [1.807, 2.05) is 6.08 Å². The molecule has 0 saturated heterocycles. The van der Waals surface area contributed by atoms with Crippen molar-refractivity contribution in [1.29, 1.82) is 0 Å². The number of rotatable bonds is 1. The molecule has 2 heteroatoms. The largest absolute Gasteiger partial charge is 0.478 e. The zero-order valence-corrected chi connectivity index (χ0v) is 6.35. The number of hydrogen-bond acceptors (Lipinski definition) is 1. The minimum atomic E-state index is -0.759. The fourth-order valence-corrected chi connectivity index (χ4v) is 1.22. The minimum Gasteiger partial charge on any atom is -0.478 e. The number of aliphatic carboxylic acids is 1. The van der Waals surface area contributed by atoms with Gasteiger partial charge in [0.15, 0.2) is 0 Å². The van der Waals surface area contributed by atoms with Gasteiger partial charge in [-0.05, 0) is 18.3 Å². The van der Waals surface area contributed by atoms with Crippen LogP contribution in [0.1, 0.15) is 26.7 Å². The summed E-state index contributed by atoms with van der Waals surface area (Å²) < 4.78 is 0. The summed E-state index contributed by atoms with van der Waals surface area (Å²) >= 11 is 0. The highest BCUT2D eigenvalue weighted by molar-refractivity contribution is 5.87. The number of carbonyl (C=O) groups is 1. The third-order valence-electron chi connectivity index (χ3n) is 1.84. The maximum atomic E-state index is 10.4. The lowest BCUT2D eigenvalue weighted by molar-refractivity contribution is -0.132. The molecule has 10 heavy (non-hydrogen) atoms. The van der Waals surface area contributed by atoms with E-state index in [2.05, 4.69) is 13.8 Å². The first-order chi connectivity index (χ1) is 4.51. The molecule has 0 atom stereocenters. The fraction of sp³-hybridized carbons (Fsp3) is 0.625. The molecule has 0 amide bonds. The van der Waals surface area contributed by atoms with Crippen molar-refractivity contribution in [2.75, 3.05) is 0 Å². The second-order valence-corrected chi connectivity index (χ2v) is 3.58. The molecule has 0 aromatic heterocycles. The average molecular weight is 140 g/mol. The quantitative estimate of drug-likeness (QED) is 0.603. The molecule has 0 aromatic rings. The van der Waals surface area contributed by atoms with Crippen molar-refractivity contribution in [3.05, 3.63) is 11.6 Å². The van der Waals surface area contributed by atoms with E-state index in [0.717, 1.165) is 6.42 Å². The molecule has 2 nitrogen and oxygen atoms in total. The number of allylic oxidation sites excluding steroid dienone is 1. The minimum absolute atomic E-state index is 0.174. The SMILES string of the molecule is CC1(C)CC=C(C(=O)O)C1. The average Bonchev–Trinajstić information content (AvgIpc) is 2.10. The van der Waals surface area contributed by atoms with Crippen molar-refractivity contribution in [1.82, 2.24) is 0 Å². The van der Waals surface area contributed by atoms with Crippen LogP contribution in [-0.4, -0.2) is 11.1 Å². The summed E-state index contributed by atoms with van der Waals surface area (Å²) in [5, 5.41) is 8.58. The standard InChI is InChI=1S/C8H12O2/c1-8(2)4-3-6(5-8)7(9)10/h3H,4-5H2,1-2H3,(H,9,10). The summed E-state index contributed by atoms with van der Waals surface area (Å²) in [6.45, 7) is 4.17. The topological polar surface area (TPSA) is 37.3 Å². The van der Waals surface area contributed by atoms with Gasteiger partial charge in [0.05, 0.1) is 0 Å². The molecule has 0 radical (unpaired) electrons. The maximum Gasteiger partial charge on any atom is 0.331 e. The van der Waals surface area contributed by atoms with Gasteiger partial charge in [0.1, 0.15) is 0 Å². The van der Waals surface area contributed by atoms with E-state index in [4.69, 9.17) is 5.11 Å². The first kappa shape index (κ1) is 7.32. The van der Waals surface area contributed by atoms with Crippen LogP contribution in [0.3, 0.4) is 0 Å². The number of carboxylic acids is 1. The highest BCUT2D eigenvalue weighted by atomic mass is 16.4. The van der Waals surface area contributed by atoms with Gasteiger partial charge in [-0.2, -0.15) is 0 Å². The van der Waals surface area contributed by atoms with Gasteiger partial charge < -0.3 is 5.11 Å². The van der Waals surface area contributed by atoms with E-state index in [-0.39, 0.29) is 5.41 Å². The monoisotopic (exact) mass is 140 g/mol. The van der Waals surface area contributed by atoms with Crippen molar-refractivity contribution in [2.45, 2.75) is 26.7 Å². The Morgan fingerprint density at radius 2 is 2.30 bits per heavy atom. The van der Waals surface area contributed by atoms with Gasteiger partial charge in [-0.25, -0.2) is 4.79 Å². The molecule has 0 aromatic carbocycles. The molecule has 1 aliphatic rings. The zero-order valence-electron chi connectivity index (χ0n) is 6.35. The van der Waals surface area contributed by atoms with E-state index in [1.165, 1.54) is 0 Å². The summed E-state index contributed by atoms with van der Waals surface area (Å²) in [5.74, 6) is -0.759. The van der Waals surface area contributed by atoms with Gasteiger partial charge >= 0.3 is 5.97 Å². The maximum absolute atomic E-state index is 10.4. The molecule has 1 rings (SSSR count). The van der Waals surface area contributed by atoms with Crippen LogP contribution in [0, 0.1) is 5.41 Å². The Bertz CT molecular complexity index is 189. The molecule has 0 bridgehead atoms. The lowest BCUT2D eigenvalue weighted by Gasteiger charge is -2.15. The Morgan fingerprint density at radius 1 is 1.70 bits per heavy atom. The van der Waals surface area contributed by atoms with Crippen molar-refractivity contribution in [3.63, 3.8) is 0 Å². The molecule has 1 N–H and O–H groups in total. The van der Waals surface area contributed by atoms with E-state index in [9.17, 15) is 4.79 Å². The first-order valence-electron chi connectivity index (χ1n) is 3.44. The lowest BCUT2D eigenvalue weighted by Crippen LogP contribution is -2.07. The molecule has 0 unspecified atom stereocenters. The predicted octanol–water partition coefficient (Wildman–Crippen LogP) is 1.82. The molecule has 0 spiro atoms. The van der Waals surface area contributed by atoms with E-state index in [1.54, 1.807) is 0 Å². The van der Waals surface area contributed by atoms with Crippen LogP contribution in [0.15, 0.2) is 11.6 Å². The second kappa shape index (κ2) is 2.11. The van der Waals surface area contributed by atoms with Crippen molar-refractivity contribution < 1.29 is 9.90 Å². The Labute approximate surface area is 60.6 Å². The number of carboxylic acid groups (broad SMARTS) is 1. The van der Waals surface area contributed by atoms with Crippen LogP contribution in [0.5, 0.6) is 0 Å². The third kappa shape index (κ3) is 1.38. The third-order valence-corrected chi connectivity index (χ3v) is 1.84. The van der Waals surface area contributed by atoms with Crippen molar-refractivity contribution >= 4 is 5.97 Å². The van der Waals surface area contributed by atoms with Gasteiger partial charge in [0, 0.05) is 5.57 Å². The molecule has 0 aliphatic heterocycles. The Morgan fingerprint density at radius 3 is 2.50 bits per heavy atom. The second-order valence-electron chi connectivity index (χ2n) is 3.58. The summed E-state index contributed by atoms with van der Waals surface area (Å²) in [7, 11) is 0. The van der Waals surface area contributed by atoms with Crippen LogP contribution in [0.4, 0.5) is 0 Å². The van der Waals surface area contributed by atoms with Gasteiger partial charge in [-0.1, -0.05) is 19.9 Å². The van der Waals surface area contributed by atoms with Crippen LogP contribution < -0.4 is 0 Å². The van der Waals surface area contributed by atoms with E-state index >= 15 is 0 Å². The summed E-state index contributed by atoms with van der Waals surface area (Å²) in [6, 6.07) is 0. The summed E-state index contributed by atoms with van der Waals surface area (Å²) in [5.41, 5.74) is 0.748. The molecular formula is C8H12O2. The fourth-order valence-electron chi connectivity index (χ4n) is 1.22. The van der Waals surface area contributed by atoms with Gasteiger partial charge in [-0.3, -0.25) is 0 Å². The molecular weight excluding hydrogens is 128 g/mol. The van der Waals surface area contributed by atoms with Crippen LogP contribution in [-0.2, 0) is 4.79 Å². The summed E-state index contributed by atoms with van der Waals surface area (Å²) in [6.07, 6.45) is 3.43. The smallest absolute Gasteiger partial charge is 0.331 e. The van der Waals surface area contributed by atoms with Crippen molar-refractivity contribution in [2.24, 2.45) is 5.41 Å². The van der Waals surface area contributed by atoms with Gasteiger partial charge in [0.25, 0.3) is 0 Å². The lowest BCUT2D eigenvalue weighted by atomic mass is 9.90. The molecule has 1 aliphatic carbocycles. The van der Waals surface area contributed by atoms with Crippen LogP contribution in [0.25, 0.3) is 0 Å². The van der Waals surface area contributed by atoms with Gasteiger partial charge in [-0.15, -0.1) is 0 Å². The van der Waals surface area contributed by atoms with Crippen molar-refractivity contribution in [3.8, 4) is 0 Å². The first-order valence-corrected chi connectivity index (χ1v) is 3.44. The van der Waals surface area contributed by atoms with Crippen LogP contribution in [0.2, 0.25) is 0 Å². The summed E-state index contributed by atoms with van der Waals surface area (Å²) in [4.78, 5) is 10.4.